The summed E-state index contributed by atoms with van der Waals surface area (Å²) in [6.45, 7) is 7.03. The van der Waals surface area contributed by atoms with E-state index in [-0.39, 0.29) is 0 Å². The average molecular weight is 241 g/mol. The Morgan fingerprint density at radius 3 is 2.41 bits per heavy atom. The Bertz CT molecular complexity index is 243. The van der Waals surface area contributed by atoms with Crippen molar-refractivity contribution >= 4 is 0 Å². The van der Waals surface area contributed by atoms with Crippen LogP contribution >= 0.6 is 0 Å². The van der Waals surface area contributed by atoms with Crippen molar-refractivity contribution in [3.8, 4) is 0 Å². The van der Waals surface area contributed by atoms with E-state index in [0.29, 0.717) is 0 Å². The molecule has 3 unspecified atom stereocenters. The van der Waals surface area contributed by atoms with Crippen molar-refractivity contribution in [2.24, 2.45) is 11.8 Å². The number of piperidine rings is 1. The molecule has 3 heteroatoms. The maximum absolute atomic E-state index is 10.2. The number of nitrogens with zero attached hydrogens (tertiary/aromatic N) is 1. The molecule has 0 aromatic heterocycles. The standard InChI is InChI=1S/C14H27NO2/c1-14(2,17-3)13(16)10-15-8-11-5-4-6-12(7-11)9-15/h11-13,16H,4-10H2,1-3H3. The molecule has 2 aliphatic rings. The van der Waals surface area contributed by atoms with E-state index in [1.165, 1.54) is 38.8 Å². The highest BCUT2D eigenvalue weighted by Crippen LogP contribution is 2.34. The van der Waals surface area contributed by atoms with Gasteiger partial charge in [-0.2, -0.15) is 0 Å². The number of aliphatic hydroxyl groups is 1. The number of β-amino-alcohol motifs (C(OH)–C–C–N with tert-alkyl or cyclic N) is 1. The first-order valence-corrected chi connectivity index (χ1v) is 6.97. The largest absolute Gasteiger partial charge is 0.389 e. The zero-order valence-corrected chi connectivity index (χ0v) is 11.5. The molecule has 0 amide bonds. The minimum Gasteiger partial charge on any atom is -0.389 e. The fourth-order valence-electron chi connectivity index (χ4n) is 3.29. The molecule has 1 aliphatic heterocycles. The van der Waals surface area contributed by atoms with Gasteiger partial charge in [0.15, 0.2) is 0 Å². The van der Waals surface area contributed by atoms with Crippen LogP contribution in [0.25, 0.3) is 0 Å². The topological polar surface area (TPSA) is 32.7 Å². The molecule has 1 saturated carbocycles. The number of ether oxygens (including phenoxy) is 1. The number of likely N-dealkylation sites (tertiary alicyclic amines) is 1. The summed E-state index contributed by atoms with van der Waals surface area (Å²) in [6.07, 6.45) is 5.20. The van der Waals surface area contributed by atoms with Crippen LogP contribution in [-0.2, 0) is 4.74 Å². The first-order chi connectivity index (χ1) is 8.01. The molecule has 3 nitrogen and oxygen atoms in total. The summed E-state index contributed by atoms with van der Waals surface area (Å²) in [4.78, 5) is 2.45. The Morgan fingerprint density at radius 2 is 1.88 bits per heavy atom. The molecular formula is C14H27NO2. The first kappa shape index (κ1) is 13.3. The fraction of sp³-hybridized carbons (Fsp3) is 1.00. The molecule has 3 atom stereocenters. The van der Waals surface area contributed by atoms with Gasteiger partial charge >= 0.3 is 0 Å². The van der Waals surface area contributed by atoms with Crippen LogP contribution < -0.4 is 0 Å². The number of hydrogen-bond acceptors (Lipinski definition) is 3. The lowest BCUT2D eigenvalue weighted by Crippen LogP contribution is -2.51. The third-order valence-electron chi connectivity index (χ3n) is 4.68. The fourth-order valence-corrected chi connectivity index (χ4v) is 3.29. The lowest BCUT2D eigenvalue weighted by molar-refractivity contribution is -0.0937. The van der Waals surface area contributed by atoms with Crippen molar-refractivity contribution in [3.63, 3.8) is 0 Å². The summed E-state index contributed by atoms with van der Waals surface area (Å²) in [5.74, 6) is 1.75. The number of fused-ring (bicyclic) bond motifs is 2. The second-order valence-corrected chi connectivity index (χ2v) is 6.44. The van der Waals surface area contributed by atoms with Crippen molar-refractivity contribution in [1.82, 2.24) is 4.90 Å². The highest BCUT2D eigenvalue weighted by molar-refractivity contribution is 4.87. The maximum atomic E-state index is 10.2. The average Bonchev–Trinajstić information content (AvgIpc) is 2.28. The van der Waals surface area contributed by atoms with Gasteiger partial charge in [-0.05, 0) is 44.9 Å². The second-order valence-electron chi connectivity index (χ2n) is 6.44. The molecule has 0 spiro atoms. The van der Waals surface area contributed by atoms with Crippen LogP contribution in [-0.4, -0.2) is 48.5 Å². The van der Waals surface area contributed by atoms with Crippen LogP contribution in [0.3, 0.4) is 0 Å². The van der Waals surface area contributed by atoms with Crippen LogP contribution in [0.1, 0.15) is 39.5 Å². The summed E-state index contributed by atoms with van der Waals surface area (Å²) in [5, 5.41) is 10.2. The van der Waals surface area contributed by atoms with Crippen LogP contribution in [0.15, 0.2) is 0 Å². The van der Waals surface area contributed by atoms with Gasteiger partial charge in [0.25, 0.3) is 0 Å². The van der Waals surface area contributed by atoms with Crippen LogP contribution in [0, 0.1) is 11.8 Å². The molecule has 1 aliphatic carbocycles. The summed E-state index contributed by atoms with van der Waals surface area (Å²) in [5.41, 5.74) is -0.438. The highest BCUT2D eigenvalue weighted by atomic mass is 16.5. The Kier molecular flexibility index (Phi) is 4.11. The van der Waals surface area contributed by atoms with Crippen molar-refractivity contribution in [2.75, 3.05) is 26.7 Å². The Morgan fingerprint density at radius 1 is 1.29 bits per heavy atom. The summed E-state index contributed by atoms with van der Waals surface area (Å²) < 4.78 is 5.36. The molecule has 2 rings (SSSR count). The van der Waals surface area contributed by atoms with E-state index in [1.807, 2.05) is 13.8 Å². The van der Waals surface area contributed by atoms with Gasteiger partial charge in [-0.1, -0.05) is 6.42 Å². The molecule has 2 bridgehead atoms. The number of aliphatic hydroxyl groups excluding tert-OH is 1. The van der Waals surface area contributed by atoms with Gasteiger partial charge < -0.3 is 14.7 Å². The van der Waals surface area contributed by atoms with Crippen molar-refractivity contribution in [2.45, 2.75) is 51.2 Å². The monoisotopic (exact) mass is 241 g/mol. The van der Waals surface area contributed by atoms with E-state index in [2.05, 4.69) is 4.90 Å². The Hall–Kier alpha value is -0.120. The van der Waals surface area contributed by atoms with E-state index in [0.717, 1.165) is 18.4 Å². The molecule has 1 N–H and O–H groups in total. The summed E-state index contributed by atoms with van der Waals surface area (Å²) in [6, 6.07) is 0. The van der Waals surface area contributed by atoms with E-state index in [9.17, 15) is 5.11 Å². The first-order valence-electron chi connectivity index (χ1n) is 6.97. The number of hydrogen-bond donors (Lipinski definition) is 1. The van der Waals surface area contributed by atoms with E-state index >= 15 is 0 Å². The molecular weight excluding hydrogens is 214 g/mol. The molecule has 17 heavy (non-hydrogen) atoms. The van der Waals surface area contributed by atoms with Crippen molar-refractivity contribution in [3.05, 3.63) is 0 Å². The predicted molar refractivity (Wildman–Crippen MR) is 69.0 cm³/mol. The van der Waals surface area contributed by atoms with Crippen molar-refractivity contribution in [1.29, 1.82) is 0 Å². The maximum Gasteiger partial charge on any atom is 0.0950 e. The second kappa shape index (κ2) is 5.25. The SMILES string of the molecule is COC(C)(C)C(O)CN1CC2CCCC(C2)C1. The number of rotatable bonds is 4. The lowest BCUT2D eigenvalue weighted by Gasteiger charge is -2.43. The molecule has 0 aromatic carbocycles. The third-order valence-corrected chi connectivity index (χ3v) is 4.68. The third kappa shape index (κ3) is 3.21. The van der Waals surface area contributed by atoms with Gasteiger partial charge in [-0.25, -0.2) is 0 Å². The van der Waals surface area contributed by atoms with Gasteiger partial charge in [0.05, 0.1) is 11.7 Å². The molecule has 1 saturated heterocycles. The van der Waals surface area contributed by atoms with Gasteiger partial charge in [0, 0.05) is 26.7 Å². The molecule has 1 heterocycles. The minimum absolute atomic E-state index is 0.397. The molecule has 0 radical (unpaired) electrons. The number of methoxy groups -OCH3 is 1. The minimum atomic E-state index is -0.438. The molecule has 2 fully saturated rings. The van der Waals surface area contributed by atoms with E-state index in [4.69, 9.17) is 4.74 Å². The Balaban J connectivity index is 1.87. The van der Waals surface area contributed by atoms with Crippen LogP contribution in [0.2, 0.25) is 0 Å². The Labute approximate surface area is 105 Å². The predicted octanol–water partition coefficient (Wildman–Crippen LogP) is 1.89. The van der Waals surface area contributed by atoms with Crippen LogP contribution in [0.4, 0.5) is 0 Å². The van der Waals surface area contributed by atoms with Crippen LogP contribution in [0.5, 0.6) is 0 Å². The smallest absolute Gasteiger partial charge is 0.0950 e. The zero-order valence-electron chi connectivity index (χ0n) is 11.5. The molecule has 0 aromatic rings. The quantitative estimate of drug-likeness (QED) is 0.816. The van der Waals surface area contributed by atoms with E-state index in [1.54, 1.807) is 7.11 Å². The van der Waals surface area contributed by atoms with Gasteiger partial charge in [-0.15, -0.1) is 0 Å². The molecule has 100 valence electrons. The van der Waals surface area contributed by atoms with Gasteiger partial charge in [0.2, 0.25) is 0 Å². The summed E-state index contributed by atoms with van der Waals surface area (Å²) >= 11 is 0. The summed E-state index contributed by atoms with van der Waals surface area (Å²) in [7, 11) is 1.67. The van der Waals surface area contributed by atoms with Crippen molar-refractivity contribution < 1.29 is 9.84 Å². The normalized spacial score (nSPS) is 32.5. The lowest BCUT2D eigenvalue weighted by atomic mass is 9.78. The zero-order chi connectivity index (χ0) is 12.5. The van der Waals surface area contributed by atoms with Gasteiger partial charge in [-0.3, -0.25) is 0 Å². The van der Waals surface area contributed by atoms with Gasteiger partial charge in [0.1, 0.15) is 0 Å². The highest BCUT2D eigenvalue weighted by Gasteiger charge is 2.34. The van der Waals surface area contributed by atoms with E-state index < -0.39 is 11.7 Å².